The Morgan fingerprint density at radius 2 is 1.72 bits per heavy atom. The van der Waals surface area contributed by atoms with Crippen LogP contribution in [0.1, 0.15) is 11.5 Å². The summed E-state index contributed by atoms with van der Waals surface area (Å²) >= 11 is 0. The molecule has 1 nitrogen and oxygen atoms in total. The second kappa shape index (κ2) is 4.15. The highest BCUT2D eigenvalue weighted by Crippen LogP contribution is 2.48. The Labute approximate surface area is 101 Å². The van der Waals surface area contributed by atoms with Crippen molar-refractivity contribution in [1.29, 1.82) is 0 Å². The number of rotatable bonds is 1. The molecule has 5 heteroatoms. The molecule has 0 radical (unpaired) electrons. The van der Waals surface area contributed by atoms with E-state index in [2.05, 4.69) is 0 Å². The topological polar surface area (TPSA) is 20.2 Å². The summed E-state index contributed by atoms with van der Waals surface area (Å²) in [6.45, 7) is 0. The second-order valence-electron chi connectivity index (χ2n) is 4.08. The fraction of sp³-hybridized carbons (Fsp3) is 0.231. The number of alkyl halides is 4. The summed E-state index contributed by atoms with van der Waals surface area (Å²) in [5.41, 5.74) is -3.38. The normalized spacial score (nSPS) is 28.0. The van der Waals surface area contributed by atoms with Crippen LogP contribution in [-0.4, -0.2) is 17.0 Å². The second-order valence-corrected chi connectivity index (χ2v) is 4.08. The molecule has 1 aliphatic carbocycles. The van der Waals surface area contributed by atoms with Gasteiger partial charge in [-0.25, -0.2) is 4.39 Å². The number of allylic oxidation sites excluding steroid dienone is 3. The molecule has 0 bridgehead atoms. The maximum atomic E-state index is 14.3. The van der Waals surface area contributed by atoms with E-state index in [1.807, 2.05) is 0 Å². The molecule has 0 amide bonds. The first kappa shape index (κ1) is 12.7. The number of benzene rings is 1. The van der Waals surface area contributed by atoms with Gasteiger partial charge in [0.2, 0.25) is 5.67 Å². The van der Waals surface area contributed by atoms with Crippen LogP contribution in [0.3, 0.4) is 0 Å². The van der Waals surface area contributed by atoms with E-state index in [0.29, 0.717) is 0 Å². The predicted octanol–water partition coefficient (Wildman–Crippen LogP) is 4.05. The van der Waals surface area contributed by atoms with Crippen molar-refractivity contribution in [2.75, 3.05) is 0 Å². The molecule has 1 N–H and O–H groups in total. The van der Waals surface area contributed by atoms with Gasteiger partial charge in [-0.15, -0.1) is 0 Å². The molecule has 0 spiro atoms. The maximum Gasteiger partial charge on any atom is 0.427 e. The van der Waals surface area contributed by atoms with Crippen molar-refractivity contribution in [2.45, 2.75) is 17.8 Å². The van der Waals surface area contributed by atoms with Gasteiger partial charge in [-0.1, -0.05) is 36.4 Å². The molecule has 96 valence electrons. The minimum absolute atomic E-state index is 0.206. The summed E-state index contributed by atoms with van der Waals surface area (Å²) in [6.07, 6.45) is -2.78. The summed E-state index contributed by atoms with van der Waals surface area (Å²) < 4.78 is 52.9. The lowest BCUT2D eigenvalue weighted by Gasteiger charge is -2.33. The standard InChI is InChI=1S/C13H10F4O/c14-12(13(15,16)17)8-10(18)6-7-11(12)9-4-2-1-3-5-9/h1-8,11,18H. The third-order valence-corrected chi connectivity index (χ3v) is 2.86. The first-order valence-corrected chi connectivity index (χ1v) is 5.25. The van der Waals surface area contributed by atoms with Crippen molar-refractivity contribution in [3.8, 4) is 0 Å². The summed E-state index contributed by atoms with van der Waals surface area (Å²) in [5.74, 6) is -2.21. The molecule has 1 aromatic carbocycles. The lowest BCUT2D eigenvalue weighted by Crippen LogP contribution is -2.45. The van der Waals surface area contributed by atoms with Crippen LogP contribution in [-0.2, 0) is 0 Å². The third kappa shape index (κ3) is 2.00. The first-order valence-electron chi connectivity index (χ1n) is 5.25. The Morgan fingerprint density at radius 3 is 2.28 bits per heavy atom. The van der Waals surface area contributed by atoms with Crippen molar-refractivity contribution >= 4 is 0 Å². The van der Waals surface area contributed by atoms with E-state index in [1.165, 1.54) is 24.3 Å². The van der Waals surface area contributed by atoms with Crippen LogP contribution in [0.15, 0.2) is 54.3 Å². The van der Waals surface area contributed by atoms with E-state index in [4.69, 9.17) is 5.11 Å². The zero-order valence-electron chi connectivity index (χ0n) is 9.16. The number of aliphatic hydroxyl groups is 1. The molecule has 2 atom stereocenters. The molecule has 0 saturated heterocycles. The van der Waals surface area contributed by atoms with Gasteiger partial charge in [-0.3, -0.25) is 0 Å². The highest BCUT2D eigenvalue weighted by atomic mass is 19.4. The minimum atomic E-state index is -5.09. The fourth-order valence-corrected chi connectivity index (χ4v) is 1.96. The van der Waals surface area contributed by atoms with Crippen LogP contribution in [0.4, 0.5) is 17.6 Å². The smallest absolute Gasteiger partial charge is 0.427 e. The zero-order chi connectivity index (χ0) is 13.4. The Hall–Kier alpha value is -1.78. The molecule has 0 fully saturated rings. The van der Waals surface area contributed by atoms with Gasteiger partial charge >= 0.3 is 6.18 Å². The number of halogens is 4. The van der Waals surface area contributed by atoms with E-state index in [1.54, 1.807) is 6.07 Å². The highest BCUT2D eigenvalue weighted by molar-refractivity contribution is 5.38. The average Bonchev–Trinajstić information content (AvgIpc) is 2.28. The Kier molecular flexibility index (Phi) is 2.92. The van der Waals surface area contributed by atoms with Crippen molar-refractivity contribution in [1.82, 2.24) is 0 Å². The van der Waals surface area contributed by atoms with Crippen molar-refractivity contribution in [2.24, 2.45) is 0 Å². The summed E-state index contributed by atoms with van der Waals surface area (Å²) in [6, 6.07) is 7.56. The van der Waals surface area contributed by atoms with Crippen LogP contribution in [0.25, 0.3) is 0 Å². The van der Waals surface area contributed by atoms with E-state index >= 15 is 0 Å². The van der Waals surface area contributed by atoms with Gasteiger partial charge in [0.25, 0.3) is 0 Å². The molecular formula is C13H10F4O. The van der Waals surface area contributed by atoms with Crippen LogP contribution in [0.2, 0.25) is 0 Å². The number of aliphatic hydroxyl groups excluding tert-OH is 1. The van der Waals surface area contributed by atoms with Crippen LogP contribution < -0.4 is 0 Å². The fourth-order valence-electron chi connectivity index (χ4n) is 1.96. The summed E-state index contributed by atoms with van der Waals surface area (Å²) in [7, 11) is 0. The molecule has 0 saturated carbocycles. The van der Waals surface area contributed by atoms with Crippen LogP contribution in [0.5, 0.6) is 0 Å². The van der Waals surface area contributed by atoms with Crippen molar-refractivity contribution < 1.29 is 22.7 Å². The van der Waals surface area contributed by atoms with Gasteiger partial charge in [-0.05, 0) is 11.6 Å². The third-order valence-electron chi connectivity index (χ3n) is 2.86. The summed E-state index contributed by atoms with van der Waals surface area (Å²) in [4.78, 5) is 0. The first-order chi connectivity index (χ1) is 8.34. The lowest BCUT2D eigenvalue weighted by molar-refractivity contribution is -0.217. The maximum absolute atomic E-state index is 14.3. The van der Waals surface area contributed by atoms with Crippen molar-refractivity contribution in [3.63, 3.8) is 0 Å². The molecule has 2 rings (SSSR count). The predicted molar refractivity (Wildman–Crippen MR) is 58.9 cm³/mol. The zero-order valence-corrected chi connectivity index (χ0v) is 9.16. The number of hydrogen-bond donors (Lipinski definition) is 1. The van der Waals surface area contributed by atoms with Crippen LogP contribution in [0, 0.1) is 0 Å². The Bertz CT molecular complexity index is 489. The monoisotopic (exact) mass is 258 g/mol. The molecule has 0 aliphatic heterocycles. The van der Waals surface area contributed by atoms with Gasteiger partial charge in [0.1, 0.15) is 5.76 Å². The van der Waals surface area contributed by atoms with E-state index in [-0.39, 0.29) is 11.6 Å². The average molecular weight is 258 g/mol. The summed E-state index contributed by atoms with van der Waals surface area (Å²) in [5, 5.41) is 9.11. The van der Waals surface area contributed by atoms with Gasteiger partial charge in [0, 0.05) is 12.0 Å². The van der Waals surface area contributed by atoms with E-state index in [9.17, 15) is 17.6 Å². The van der Waals surface area contributed by atoms with E-state index in [0.717, 1.165) is 12.2 Å². The Balaban J connectivity index is 2.50. The Morgan fingerprint density at radius 1 is 1.11 bits per heavy atom. The van der Waals surface area contributed by atoms with Gasteiger partial charge in [-0.2, -0.15) is 13.2 Å². The van der Waals surface area contributed by atoms with Gasteiger partial charge in [0.15, 0.2) is 0 Å². The molecule has 1 aliphatic rings. The van der Waals surface area contributed by atoms with Gasteiger partial charge < -0.3 is 5.11 Å². The molecule has 0 aromatic heterocycles. The van der Waals surface area contributed by atoms with Gasteiger partial charge in [0.05, 0.1) is 0 Å². The lowest BCUT2D eigenvalue weighted by atomic mass is 9.79. The SMILES string of the molecule is OC1=CC(F)(C(F)(F)F)C(c2ccccc2)C=C1. The molecule has 0 heterocycles. The number of hydrogen-bond acceptors (Lipinski definition) is 1. The molecule has 2 unspecified atom stereocenters. The largest absolute Gasteiger partial charge is 0.508 e. The van der Waals surface area contributed by atoms with E-state index < -0.39 is 23.5 Å². The molecule has 1 aromatic rings. The van der Waals surface area contributed by atoms with Crippen molar-refractivity contribution in [3.05, 3.63) is 59.9 Å². The van der Waals surface area contributed by atoms with Crippen LogP contribution >= 0.6 is 0 Å². The quantitative estimate of drug-likeness (QED) is 0.753. The molecular weight excluding hydrogens is 248 g/mol. The highest BCUT2D eigenvalue weighted by Gasteiger charge is 2.60. The molecule has 18 heavy (non-hydrogen) atoms. The minimum Gasteiger partial charge on any atom is -0.508 e.